The summed E-state index contributed by atoms with van der Waals surface area (Å²) in [6.45, 7) is 4.70. The van der Waals surface area contributed by atoms with E-state index >= 15 is 0 Å². The molecule has 7 heteroatoms. The number of halogens is 3. The number of likely N-dealkylation sites (tertiary alicyclic amines) is 1. The Balaban J connectivity index is 1.55. The zero-order valence-corrected chi connectivity index (χ0v) is 13.8. The number of alkyl halides is 3. The average molecular weight is 350 g/mol. The molecule has 0 bridgehead atoms. The van der Waals surface area contributed by atoms with Crippen molar-refractivity contribution in [2.24, 2.45) is 0 Å². The molecule has 0 radical (unpaired) electrons. The third-order valence-electron chi connectivity index (χ3n) is 4.24. The van der Waals surface area contributed by atoms with Crippen molar-refractivity contribution >= 4 is 5.91 Å². The molecule has 1 aromatic heterocycles. The number of aryl methyl sites for hydroxylation is 2. The quantitative estimate of drug-likeness (QED) is 0.849. The first-order valence-corrected chi connectivity index (χ1v) is 7.80. The highest BCUT2D eigenvalue weighted by molar-refractivity contribution is 5.95. The number of rotatable bonds is 3. The minimum atomic E-state index is -4.42. The molecular weight excluding hydrogens is 333 g/mol. The molecule has 1 aliphatic rings. The van der Waals surface area contributed by atoms with Crippen LogP contribution in [0.4, 0.5) is 13.2 Å². The maximum atomic E-state index is 12.5. The van der Waals surface area contributed by atoms with Crippen molar-refractivity contribution in [2.75, 3.05) is 13.1 Å². The van der Waals surface area contributed by atoms with Crippen LogP contribution in [0.3, 0.4) is 0 Å². The first kappa shape index (κ1) is 17.3. The van der Waals surface area contributed by atoms with E-state index in [2.05, 4.69) is 4.98 Å². The molecule has 0 saturated carbocycles. The molecule has 1 amide bonds. The van der Waals surface area contributed by atoms with Crippen LogP contribution in [0, 0.1) is 13.8 Å². The van der Waals surface area contributed by atoms with Gasteiger partial charge >= 0.3 is 6.18 Å². The Labute approximate surface area is 143 Å². The van der Waals surface area contributed by atoms with Crippen molar-refractivity contribution < 1.29 is 22.7 Å². The highest BCUT2D eigenvalue weighted by Gasteiger charge is 2.34. The Morgan fingerprint density at radius 1 is 1.16 bits per heavy atom. The van der Waals surface area contributed by atoms with Crippen LogP contribution < -0.4 is 4.74 Å². The zero-order valence-electron chi connectivity index (χ0n) is 13.8. The predicted molar refractivity (Wildman–Crippen MR) is 85.5 cm³/mol. The van der Waals surface area contributed by atoms with Crippen LogP contribution in [-0.2, 0) is 6.18 Å². The lowest BCUT2D eigenvalue weighted by molar-refractivity contribution is -0.137. The fourth-order valence-corrected chi connectivity index (χ4v) is 2.52. The van der Waals surface area contributed by atoms with Gasteiger partial charge in [-0.05, 0) is 43.2 Å². The van der Waals surface area contributed by atoms with Gasteiger partial charge in [0, 0.05) is 17.8 Å². The summed E-state index contributed by atoms with van der Waals surface area (Å²) in [4.78, 5) is 17.7. The fraction of sp³-hybridized carbons (Fsp3) is 0.333. The lowest BCUT2D eigenvalue weighted by atomic mass is 10.0. The number of hydrogen-bond acceptors (Lipinski definition) is 3. The maximum absolute atomic E-state index is 12.5. The summed E-state index contributed by atoms with van der Waals surface area (Å²) < 4.78 is 43.0. The van der Waals surface area contributed by atoms with E-state index in [1.807, 2.05) is 26.0 Å². The summed E-state index contributed by atoms with van der Waals surface area (Å²) in [7, 11) is 0. The second kappa shape index (κ2) is 6.38. The van der Waals surface area contributed by atoms with Gasteiger partial charge in [-0.1, -0.05) is 6.07 Å². The summed E-state index contributed by atoms with van der Waals surface area (Å²) in [5.41, 5.74) is 1.97. The van der Waals surface area contributed by atoms with Crippen molar-refractivity contribution in [3.05, 3.63) is 58.8 Å². The third kappa shape index (κ3) is 3.75. The van der Waals surface area contributed by atoms with Crippen LogP contribution in [0.2, 0.25) is 0 Å². The van der Waals surface area contributed by atoms with Gasteiger partial charge in [0.25, 0.3) is 5.91 Å². The Morgan fingerprint density at radius 2 is 1.88 bits per heavy atom. The SMILES string of the molecule is Cc1ccc(C(=O)N2CC(Oc3ccc(C(F)(F)F)cn3)C2)cc1C. The molecule has 0 spiro atoms. The molecule has 1 saturated heterocycles. The number of carbonyl (C=O) groups excluding carboxylic acids is 1. The minimum Gasteiger partial charge on any atom is -0.471 e. The maximum Gasteiger partial charge on any atom is 0.417 e. The number of nitrogens with zero attached hydrogens (tertiary/aromatic N) is 2. The largest absolute Gasteiger partial charge is 0.471 e. The average Bonchev–Trinajstić information content (AvgIpc) is 2.52. The molecule has 0 atom stereocenters. The molecule has 25 heavy (non-hydrogen) atoms. The van der Waals surface area contributed by atoms with Crippen LogP contribution in [-0.4, -0.2) is 35.0 Å². The topological polar surface area (TPSA) is 42.4 Å². The number of ether oxygens (including phenoxy) is 1. The molecule has 2 heterocycles. The Hall–Kier alpha value is -2.57. The molecule has 2 aromatic rings. The second-order valence-corrected chi connectivity index (χ2v) is 6.13. The van der Waals surface area contributed by atoms with Crippen molar-refractivity contribution in [3.8, 4) is 5.88 Å². The predicted octanol–water partition coefficient (Wildman–Crippen LogP) is 3.62. The van der Waals surface area contributed by atoms with E-state index in [4.69, 9.17) is 4.74 Å². The number of amides is 1. The summed E-state index contributed by atoms with van der Waals surface area (Å²) >= 11 is 0. The highest BCUT2D eigenvalue weighted by Crippen LogP contribution is 2.29. The number of pyridine rings is 1. The van der Waals surface area contributed by atoms with E-state index in [1.165, 1.54) is 6.07 Å². The van der Waals surface area contributed by atoms with Crippen LogP contribution in [0.25, 0.3) is 0 Å². The van der Waals surface area contributed by atoms with E-state index in [-0.39, 0.29) is 17.9 Å². The van der Waals surface area contributed by atoms with Crippen LogP contribution in [0.5, 0.6) is 5.88 Å². The van der Waals surface area contributed by atoms with Gasteiger partial charge in [-0.15, -0.1) is 0 Å². The van der Waals surface area contributed by atoms with Gasteiger partial charge in [-0.25, -0.2) is 4.98 Å². The van der Waals surface area contributed by atoms with Gasteiger partial charge in [-0.3, -0.25) is 4.79 Å². The van der Waals surface area contributed by atoms with E-state index < -0.39 is 11.7 Å². The van der Waals surface area contributed by atoms with Gasteiger partial charge in [0.2, 0.25) is 5.88 Å². The molecule has 4 nitrogen and oxygen atoms in total. The van der Waals surface area contributed by atoms with Gasteiger partial charge in [0.15, 0.2) is 0 Å². The van der Waals surface area contributed by atoms with E-state index in [1.54, 1.807) is 11.0 Å². The number of hydrogen-bond donors (Lipinski definition) is 0. The molecule has 0 unspecified atom stereocenters. The summed E-state index contributed by atoms with van der Waals surface area (Å²) in [6, 6.07) is 7.66. The monoisotopic (exact) mass is 350 g/mol. The normalized spacial score (nSPS) is 15.0. The van der Waals surface area contributed by atoms with E-state index in [0.29, 0.717) is 18.7 Å². The van der Waals surface area contributed by atoms with Gasteiger partial charge in [-0.2, -0.15) is 13.2 Å². The highest BCUT2D eigenvalue weighted by atomic mass is 19.4. The number of aromatic nitrogens is 1. The van der Waals surface area contributed by atoms with Crippen molar-refractivity contribution in [1.29, 1.82) is 0 Å². The third-order valence-corrected chi connectivity index (χ3v) is 4.24. The van der Waals surface area contributed by atoms with E-state index in [9.17, 15) is 18.0 Å². The van der Waals surface area contributed by atoms with E-state index in [0.717, 1.165) is 23.4 Å². The first-order chi connectivity index (χ1) is 11.7. The molecule has 3 rings (SSSR count). The number of benzene rings is 1. The number of carbonyl (C=O) groups is 1. The van der Waals surface area contributed by atoms with Crippen molar-refractivity contribution in [2.45, 2.75) is 26.1 Å². The molecule has 1 fully saturated rings. The van der Waals surface area contributed by atoms with Gasteiger partial charge < -0.3 is 9.64 Å². The summed E-state index contributed by atoms with van der Waals surface area (Å²) in [5, 5.41) is 0. The zero-order chi connectivity index (χ0) is 18.2. The standard InChI is InChI=1S/C18H17F3N2O2/c1-11-3-4-13(7-12(11)2)17(24)23-9-15(10-23)25-16-6-5-14(8-22-16)18(19,20)21/h3-8,15H,9-10H2,1-2H3. The molecule has 0 aliphatic carbocycles. The molecule has 1 aliphatic heterocycles. The first-order valence-electron chi connectivity index (χ1n) is 7.80. The molecule has 0 N–H and O–H groups in total. The smallest absolute Gasteiger partial charge is 0.417 e. The lowest BCUT2D eigenvalue weighted by Crippen LogP contribution is -2.56. The lowest BCUT2D eigenvalue weighted by Gasteiger charge is -2.38. The summed E-state index contributed by atoms with van der Waals surface area (Å²) in [6.07, 6.45) is -3.94. The fourth-order valence-electron chi connectivity index (χ4n) is 2.52. The summed E-state index contributed by atoms with van der Waals surface area (Å²) in [5.74, 6) is 0.0413. The van der Waals surface area contributed by atoms with Crippen molar-refractivity contribution in [1.82, 2.24) is 9.88 Å². The van der Waals surface area contributed by atoms with Crippen LogP contribution in [0.15, 0.2) is 36.5 Å². The van der Waals surface area contributed by atoms with Crippen LogP contribution in [0.1, 0.15) is 27.0 Å². The molecule has 132 valence electrons. The second-order valence-electron chi connectivity index (χ2n) is 6.13. The Morgan fingerprint density at radius 3 is 2.44 bits per heavy atom. The Bertz CT molecular complexity index is 782. The molecular formula is C18H17F3N2O2. The van der Waals surface area contributed by atoms with Crippen LogP contribution >= 0.6 is 0 Å². The minimum absolute atomic E-state index is 0.0803. The van der Waals surface area contributed by atoms with Crippen molar-refractivity contribution in [3.63, 3.8) is 0 Å². The van der Waals surface area contributed by atoms with Gasteiger partial charge in [0.1, 0.15) is 6.10 Å². The molecule has 1 aromatic carbocycles. The Kier molecular flexibility index (Phi) is 4.41. The van der Waals surface area contributed by atoms with Gasteiger partial charge in [0.05, 0.1) is 18.7 Å².